The molecule has 1 amide bonds. The molecular formula is C16H22N4O. The Labute approximate surface area is 125 Å². The van der Waals surface area contributed by atoms with Crippen LogP contribution in [0.25, 0.3) is 6.08 Å². The maximum atomic E-state index is 12.7. The smallest absolute Gasteiger partial charge is 0.250 e. The van der Waals surface area contributed by atoms with Crippen LogP contribution in [0.2, 0.25) is 0 Å². The van der Waals surface area contributed by atoms with Gasteiger partial charge < -0.3 is 10.6 Å². The Kier molecular flexibility index (Phi) is 5.09. The van der Waals surface area contributed by atoms with Crippen LogP contribution in [0, 0.1) is 0 Å². The first kappa shape index (κ1) is 15.2. The van der Waals surface area contributed by atoms with Crippen molar-refractivity contribution in [1.82, 2.24) is 9.88 Å². The molecule has 1 aliphatic heterocycles. The summed E-state index contributed by atoms with van der Waals surface area (Å²) in [5.41, 5.74) is 8.24. The van der Waals surface area contributed by atoms with Crippen LogP contribution < -0.4 is 5.73 Å². The molecule has 2 rings (SSSR count). The van der Waals surface area contributed by atoms with Crippen LogP contribution in [0.5, 0.6) is 0 Å². The highest BCUT2D eigenvalue weighted by atomic mass is 16.2. The molecule has 0 saturated carbocycles. The Balaban J connectivity index is 2.33. The maximum absolute atomic E-state index is 12.7. The molecule has 0 aliphatic carbocycles. The molecule has 1 aliphatic rings. The summed E-state index contributed by atoms with van der Waals surface area (Å²) in [5, 5.41) is 0. The molecule has 2 N–H and O–H groups in total. The van der Waals surface area contributed by atoms with E-state index in [-0.39, 0.29) is 5.91 Å². The number of nitrogens with two attached hydrogens (primary N) is 1. The highest BCUT2D eigenvalue weighted by molar-refractivity contribution is 6.05. The molecule has 0 fully saturated rings. The number of hydrogen-bond donors (Lipinski definition) is 1. The minimum atomic E-state index is 0.0570. The van der Waals surface area contributed by atoms with Crippen molar-refractivity contribution in [3.05, 3.63) is 29.6 Å². The Bertz CT molecular complexity index is 571. The van der Waals surface area contributed by atoms with Gasteiger partial charge in [0.15, 0.2) is 0 Å². The van der Waals surface area contributed by atoms with Crippen molar-refractivity contribution in [1.29, 1.82) is 0 Å². The van der Waals surface area contributed by atoms with E-state index >= 15 is 0 Å². The van der Waals surface area contributed by atoms with Crippen LogP contribution in [0.3, 0.4) is 0 Å². The van der Waals surface area contributed by atoms with Crippen LogP contribution >= 0.6 is 0 Å². The van der Waals surface area contributed by atoms with Crippen LogP contribution in [-0.2, 0) is 4.79 Å². The lowest BCUT2D eigenvalue weighted by Gasteiger charge is -2.22. The first-order chi connectivity index (χ1) is 10.2. The summed E-state index contributed by atoms with van der Waals surface area (Å²) < 4.78 is 0. The van der Waals surface area contributed by atoms with Gasteiger partial charge >= 0.3 is 0 Å². The Morgan fingerprint density at radius 2 is 2.05 bits per heavy atom. The molecule has 0 unspecified atom stereocenters. The molecule has 0 bridgehead atoms. The normalized spacial score (nSPS) is 13.8. The minimum absolute atomic E-state index is 0.0570. The number of rotatable bonds is 5. The van der Waals surface area contributed by atoms with Gasteiger partial charge in [-0.2, -0.15) is 0 Å². The molecule has 5 heteroatoms. The van der Waals surface area contributed by atoms with Gasteiger partial charge in [-0.1, -0.05) is 13.8 Å². The predicted octanol–water partition coefficient (Wildman–Crippen LogP) is 2.51. The molecule has 112 valence electrons. The summed E-state index contributed by atoms with van der Waals surface area (Å²) in [6, 6.07) is 1.86. The number of amidine groups is 1. The van der Waals surface area contributed by atoms with Crippen LogP contribution in [-0.4, -0.2) is 34.7 Å². The fourth-order valence-electron chi connectivity index (χ4n) is 2.44. The fraction of sp³-hybridized carbons (Fsp3) is 0.438. The van der Waals surface area contributed by atoms with Gasteiger partial charge in [-0.3, -0.25) is 9.78 Å². The van der Waals surface area contributed by atoms with E-state index in [4.69, 9.17) is 5.73 Å². The second kappa shape index (κ2) is 7.02. The quantitative estimate of drug-likeness (QED) is 0.904. The van der Waals surface area contributed by atoms with E-state index in [0.29, 0.717) is 17.8 Å². The largest absolute Gasteiger partial charge is 0.387 e. The summed E-state index contributed by atoms with van der Waals surface area (Å²) in [5.74, 6) is 0.510. The van der Waals surface area contributed by atoms with Crippen LogP contribution in [0.1, 0.15) is 38.7 Å². The molecule has 1 aromatic rings. The first-order valence-electron chi connectivity index (χ1n) is 7.42. The zero-order chi connectivity index (χ0) is 15.2. The third-order valence-corrected chi connectivity index (χ3v) is 3.35. The van der Waals surface area contributed by atoms with Crippen molar-refractivity contribution in [2.75, 3.05) is 13.1 Å². The molecule has 0 aromatic carbocycles. The van der Waals surface area contributed by atoms with Gasteiger partial charge in [-0.15, -0.1) is 0 Å². The zero-order valence-corrected chi connectivity index (χ0v) is 12.7. The van der Waals surface area contributed by atoms with Gasteiger partial charge in [0, 0.05) is 36.8 Å². The number of fused-ring (bicyclic) bond motifs is 1. The summed E-state index contributed by atoms with van der Waals surface area (Å²) in [6.07, 6.45) is 7.54. The minimum Gasteiger partial charge on any atom is -0.387 e. The third-order valence-electron chi connectivity index (χ3n) is 3.35. The molecule has 21 heavy (non-hydrogen) atoms. The molecule has 2 heterocycles. The summed E-state index contributed by atoms with van der Waals surface area (Å²) in [7, 11) is 0. The van der Waals surface area contributed by atoms with Gasteiger partial charge in [0.2, 0.25) is 5.91 Å². The van der Waals surface area contributed by atoms with Crippen molar-refractivity contribution < 1.29 is 4.79 Å². The van der Waals surface area contributed by atoms with Crippen molar-refractivity contribution in [3.63, 3.8) is 0 Å². The number of aliphatic imine (C=N–C) groups is 1. The number of nitrogens with zero attached hydrogens (tertiary/aromatic N) is 3. The van der Waals surface area contributed by atoms with E-state index in [1.165, 1.54) is 0 Å². The van der Waals surface area contributed by atoms with E-state index in [9.17, 15) is 4.79 Å². The second-order valence-corrected chi connectivity index (χ2v) is 5.18. The molecule has 5 nitrogen and oxygen atoms in total. The highest BCUT2D eigenvalue weighted by Gasteiger charge is 2.20. The highest BCUT2D eigenvalue weighted by Crippen LogP contribution is 2.25. The average Bonchev–Trinajstić information content (AvgIpc) is 2.64. The number of aromatic nitrogens is 1. The number of hydrogen-bond acceptors (Lipinski definition) is 4. The SMILES string of the molecule is CCCN(CCC)C(=O)C1=Cc2ccncc2N=C(N)C1. The average molecular weight is 286 g/mol. The Morgan fingerprint density at radius 1 is 1.33 bits per heavy atom. The van der Waals surface area contributed by atoms with Crippen molar-refractivity contribution >= 4 is 23.5 Å². The lowest BCUT2D eigenvalue weighted by Crippen LogP contribution is -2.34. The van der Waals surface area contributed by atoms with Gasteiger partial charge in [0.05, 0.1) is 11.9 Å². The van der Waals surface area contributed by atoms with Crippen LogP contribution in [0.4, 0.5) is 5.69 Å². The monoisotopic (exact) mass is 286 g/mol. The summed E-state index contributed by atoms with van der Waals surface area (Å²) >= 11 is 0. The topological polar surface area (TPSA) is 71.6 Å². The van der Waals surface area contributed by atoms with Crippen LogP contribution in [0.15, 0.2) is 29.0 Å². The number of carbonyl (C=O) groups excluding carboxylic acids is 1. The molecular weight excluding hydrogens is 264 g/mol. The van der Waals surface area contributed by atoms with E-state index in [2.05, 4.69) is 23.8 Å². The Morgan fingerprint density at radius 3 is 2.71 bits per heavy atom. The predicted molar refractivity (Wildman–Crippen MR) is 85.3 cm³/mol. The molecule has 0 spiro atoms. The Hall–Kier alpha value is -2.17. The number of pyridine rings is 1. The summed E-state index contributed by atoms with van der Waals surface area (Å²) in [4.78, 5) is 23.0. The van der Waals surface area contributed by atoms with E-state index in [1.54, 1.807) is 12.4 Å². The van der Waals surface area contributed by atoms with Gasteiger partial charge in [-0.05, 0) is 25.0 Å². The van der Waals surface area contributed by atoms with Gasteiger partial charge in [0.1, 0.15) is 5.84 Å². The number of carbonyl (C=O) groups is 1. The van der Waals surface area contributed by atoms with E-state index in [0.717, 1.165) is 37.2 Å². The van der Waals surface area contributed by atoms with Crippen molar-refractivity contribution in [2.45, 2.75) is 33.1 Å². The van der Waals surface area contributed by atoms with E-state index in [1.807, 2.05) is 17.0 Å². The molecule has 0 radical (unpaired) electrons. The maximum Gasteiger partial charge on any atom is 0.250 e. The number of amides is 1. The van der Waals surface area contributed by atoms with Crippen molar-refractivity contribution in [2.24, 2.45) is 10.7 Å². The molecule has 0 atom stereocenters. The molecule has 1 aromatic heterocycles. The zero-order valence-electron chi connectivity index (χ0n) is 12.7. The molecule has 0 saturated heterocycles. The first-order valence-corrected chi connectivity index (χ1v) is 7.42. The summed E-state index contributed by atoms with van der Waals surface area (Å²) in [6.45, 7) is 5.69. The third kappa shape index (κ3) is 3.68. The van der Waals surface area contributed by atoms with Crippen molar-refractivity contribution in [3.8, 4) is 0 Å². The lowest BCUT2D eigenvalue weighted by molar-refractivity contribution is -0.127. The standard InChI is InChI=1S/C16H22N4O/c1-3-7-20(8-4-2)16(21)13-9-12-5-6-18-11-14(12)19-15(17)10-13/h5-6,9,11H,3-4,7-8,10H2,1-2H3,(H2,17,19). The second-order valence-electron chi connectivity index (χ2n) is 5.18. The lowest BCUT2D eigenvalue weighted by atomic mass is 10.1. The van der Waals surface area contributed by atoms with Gasteiger partial charge in [-0.25, -0.2) is 4.99 Å². The van der Waals surface area contributed by atoms with Gasteiger partial charge in [0.25, 0.3) is 0 Å². The van der Waals surface area contributed by atoms with E-state index < -0.39 is 0 Å². The fourth-order valence-corrected chi connectivity index (χ4v) is 2.44.